The van der Waals surface area contributed by atoms with Crippen LogP contribution in [0.2, 0.25) is 0 Å². The molecule has 0 aliphatic carbocycles. The molecule has 0 radical (unpaired) electrons. The lowest BCUT2D eigenvalue weighted by atomic mass is 9.89. The Morgan fingerprint density at radius 3 is 2.23 bits per heavy atom. The molecule has 0 unspecified atom stereocenters. The van der Waals surface area contributed by atoms with E-state index in [1.165, 1.54) is 24.3 Å². The molecule has 1 saturated heterocycles. The summed E-state index contributed by atoms with van der Waals surface area (Å²) in [7, 11) is 0. The van der Waals surface area contributed by atoms with Gasteiger partial charge in [0.25, 0.3) is 0 Å². The fourth-order valence-electron chi connectivity index (χ4n) is 3.69. The van der Waals surface area contributed by atoms with Gasteiger partial charge in [0, 0.05) is 17.7 Å². The number of phenolic OH excluding ortho intramolecular Hbond substituents is 3. The molecule has 7 N–H and O–H groups in total. The summed E-state index contributed by atoms with van der Waals surface area (Å²) in [4.78, 5) is 12.7. The number of aromatic hydroxyl groups is 3. The van der Waals surface area contributed by atoms with Crippen LogP contribution in [-0.4, -0.2) is 66.8 Å². The van der Waals surface area contributed by atoms with Gasteiger partial charge >= 0.3 is 0 Å². The average molecular weight is 432 g/mol. The van der Waals surface area contributed by atoms with Crippen LogP contribution in [-0.2, 0) is 4.74 Å². The predicted molar refractivity (Wildman–Crippen MR) is 106 cm³/mol. The highest BCUT2D eigenvalue weighted by Gasteiger charge is 2.46. The zero-order chi connectivity index (χ0) is 22.4. The topological polar surface area (TPSA) is 181 Å². The van der Waals surface area contributed by atoms with Gasteiger partial charge in [-0.1, -0.05) is 0 Å². The zero-order valence-electron chi connectivity index (χ0n) is 15.9. The van der Waals surface area contributed by atoms with E-state index in [0.717, 1.165) is 12.1 Å². The lowest BCUT2D eigenvalue weighted by molar-refractivity contribution is -0.232. The van der Waals surface area contributed by atoms with Gasteiger partial charge in [0.05, 0.1) is 12.2 Å². The normalized spacial score (nSPS) is 26.3. The smallest absolute Gasteiger partial charge is 0.197 e. The van der Waals surface area contributed by atoms with Crippen molar-refractivity contribution in [2.75, 3.05) is 6.61 Å². The number of phenols is 3. The molecule has 0 spiro atoms. The van der Waals surface area contributed by atoms with Crippen molar-refractivity contribution in [2.24, 2.45) is 0 Å². The van der Waals surface area contributed by atoms with E-state index in [9.17, 15) is 40.5 Å². The summed E-state index contributed by atoms with van der Waals surface area (Å²) >= 11 is 0. The SMILES string of the molecule is O=c1cc(-c2ccc(O)cc2)oc2cc(O)c([C@@H]3O[C@@H](CO)[C@@H](O)[C@@H](O)[C@@H]3O)c(O)c12. The Kier molecular flexibility index (Phi) is 5.33. The number of rotatable bonds is 3. The molecule has 10 heteroatoms. The van der Waals surface area contributed by atoms with Crippen molar-refractivity contribution in [2.45, 2.75) is 30.5 Å². The van der Waals surface area contributed by atoms with E-state index in [0.29, 0.717) is 5.56 Å². The number of hydrogen-bond donors (Lipinski definition) is 7. The van der Waals surface area contributed by atoms with E-state index < -0.39 is 59.6 Å². The Labute approximate surface area is 174 Å². The maximum atomic E-state index is 12.7. The lowest BCUT2D eigenvalue weighted by Crippen LogP contribution is -2.55. The number of benzene rings is 2. The summed E-state index contributed by atoms with van der Waals surface area (Å²) in [6.07, 6.45) is -7.95. The maximum Gasteiger partial charge on any atom is 0.197 e. The molecule has 164 valence electrons. The summed E-state index contributed by atoms with van der Waals surface area (Å²) in [5, 5.41) is 70.0. The minimum absolute atomic E-state index is 0.0198. The van der Waals surface area contributed by atoms with Gasteiger partial charge in [-0.2, -0.15) is 0 Å². The Hall–Kier alpha value is -3.15. The van der Waals surface area contributed by atoms with Gasteiger partial charge < -0.3 is 44.9 Å². The minimum Gasteiger partial charge on any atom is -0.508 e. The minimum atomic E-state index is -1.77. The number of ether oxygens (including phenoxy) is 1. The maximum absolute atomic E-state index is 12.7. The molecular weight excluding hydrogens is 412 g/mol. The Balaban J connectivity index is 1.85. The fraction of sp³-hybridized carbons (Fsp3) is 0.286. The quantitative estimate of drug-likeness (QED) is 0.300. The van der Waals surface area contributed by atoms with Crippen LogP contribution in [0.4, 0.5) is 0 Å². The van der Waals surface area contributed by atoms with Crippen LogP contribution < -0.4 is 5.43 Å². The van der Waals surface area contributed by atoms with E-state index >= 15 is 0 Å². The van der Waals surface area contributed by atoms with Crippen LogP contribution in [0.15, 0.2) is 45.6 Å². The molecule has 1 aromatic heterocycles. The third-order valence-electron chi connectivity index (χ3n) is 5.34. The van der Waals surface area contributed by atoms with E-state index in [2.05, 4.69) is 0 Å². The Morgan fingerprint density at radius 1 is 0.903 bits per heavy atom. The molecule has 4 rings (SSSR count). The van der Waals surface area contributed by atoms with Gasteiger partial charge in [-0.3, -0.25) is 4.79 Å². The van der Waals surface area contributed by atoms with Crippen LogP contribution in [0.3, 0.4) is 0 Å². The first-order valence-electron chi connectivity index (χ1n) is 9.35. The highest BCUT2D eigenvalue weighted by Crippen LogP contribution is 2.44. The molecule has 0 saturated carbocycles. The lowest BCUT2D eigenvalue weighted by Gasteiger charge is -2.40. The Bertz CT molecular complexity index is 1170. The average Bonchev–Trinajstić information content (AvgIpc) is 2.73. The van der Waals surface area contributed by atoms with Crippen LogP contribution in [0.5, 0.6) is 17.2 Å². The van der Waals surface area contributed by atoms with E-state index in [4.69, 9.17) is 9.15 Å². The fourth-order valence-corrected chi connectivity index (χ4v) is 3.69. The predicted octanol–water partition coefficient (Wildman–Crippen LogP) is 0.0917. The zero-order valence-corrected chi connectivity index (χ0v) is 15.9. The van der Waals surface area contributed by atoms with Crippen molar-refractivity contribution in [3.63, 3.8) is 0 Å². The summed E-state index contributed by atoms with van der Waals surface area (Å²) in [6, 6.07) is 8.00. The van der Waals surface area contributed by atoms with Crippen LogP contribution in [0.1, 0.15) is 11.7 Å². The first-order valence-corrected chi connectivity index (χ1v) is 9.35. The van der Waals surface area contributed by atoms with Crippen molar-refractivity contribution < 1.29 is 44.9 Å². The first-order chi connectivity index (χ1) is 14.7. The molecule has 31 heavy (non-hydrogen) atoms. The molecule has 2 aromatic carbocycles. The monoisotopic (exact) mass is 432 g/mol. The molecule has 1 fully saturated rings. The van der Waals surface area contributed by atoms with Gasteiger partial charge in [0.2, 0.25) is 0 Å². The molecule has 10 nitrogen and oxygen atoms in total. The van der Waals surface area contributed by atoms with E-state index in [1.807, 2.05) is 0 Å². The van der Waals surface area contributed by atoms with Gasteiger partial charge in [-0.25, -0.2) is 0 Å². The molecule has 1 aliphatic heterocycles. The number of aliphatic hydroxyl groups is 4. The summed E-state index contributed by atoms with van der Waals surface area (Å²) < 4.78 is 11.0. The van der Waals surface area contributed by atoms with Crippen molar-refractivity contribution in [1.82, 2.24) is 0 Å². The van der Waals surface area contributed by atoms with Gasteiger partial charge in [-0.15, -0.1) is 0 Å². The first kappa shape index (κ1) is 21.1. The number of aliphatic hydroxyl groups excluding tert-OH is 4. The highest BCUT2D eigenvalue weighted by atomic mass is 16.5. The van der Waals surface area contributed by atoms with Gasteiger partial charge in [0.15, 0.2) is 5.43 Å². The second-order valence-electron chi connectivity index (χ2n) is 7.30. The molecule has 3 aromatic rings. The molecule has 1 aliphatic rings. The van der Waals surface area contributed by atoms with Crippen LogP contribution in [0, 0.1) is 0 Å². The summed E-state index contributed by atoms with van der Waals surface area (Å²) in [6.45, 7) is -0.700. The van der Waals surface area contributed by atoms with E-state index in [1.54, 1.807) is 0 Å². The summed E-state index contributed by atoms with van der Waals surface area (Å²) in [5.41, 5.74) is -0.741. The second-order valence-corrected chi connectivity index (χ2v) is 7.30. The molecule has 2 heterocycles. The van der Waals surface area contributed by atoms with Crippen LogP contribution in [0.25, 0.3) is 22.3 Å². The van der Waals surface area contributed by atoms with Crippen molar-refractivity contribution >= 4 is 11.0 Å². The van der Waals surface area contributed by atoms with Crippen molar-refractivity contribution in [3.8, 4) is 28.6 Å². The second kappa shape index (κ2) is 7.84. The Morgan fingerprint density at radius 2 is 1.58 bits per heavy atom. The molecule has 0 bridgehead atoms. The third-order valence-corrected chi connectivity index (χ3v) is 5.34. The standard InChI is InChI=1S/C21H20O10/c22-7-14-17(26)19(28)20(29)21(31-14)16-11(25)6-13-15(18(16)27)10(24)5-12(30-13)8-1-3-9(23)4-2-8/h1-6,14,17,19-23,25-29H,7H2/t14-,17+,19+,20-,21-/m0/s1. The van der Waals surface area contributed by atoms with Gasteiger partial charge in [0.1, 0.15) is 64.5 Å². The summed E-state index contributed by atoms with van der Waals surface area (Å²) in [5.74, 6) is -1.19. The van der Waals surface area contributed by atoms with E-state index in [-0.39, 0.29) is 22.5 Å². The largest absolute Gasteiger partial charge is 0.508 e. The van der Waals surface area contributed by atoms with Gasteiger partial charge in [-0.05, 0) is 24.3 Å². The van der Waals surface area contributed by atoms with Crippen molar-refractivity contribution in [3.05, 3.63) is 52.2 Å². The third kappa shape index (κ3) is 3.50. The molecular formula is C21H20O10. The number of hydrogen-bond acceptors (Lipinski definition) is 10. The van der Waals surface area contributed by atoms with Crippen molar-refractivity contribution in [1.29, 1.82) is 0 Å². The molecule has 0 amide bonds. The van der Waals surface area contributed by atoms with Crippen LogP contribution >= 0.6 is 0 Å². The number of fused-ring (bicyclic) bond motifs is 1. The molecule has 5 atom stereocenters. The highest BCUT2D eigenvalue weighted by molar-refractivity contribution is 5.88.